The highest BCUT2D eigenvalue weighted by molar-refractivity contribution is 5.88. The number of nitrogens with zero attached hydrogens (tertiary/aromatic N) is 4. The number of benzene rings is 1. The highest BCUT2D eigenvalue weighted by atomic mass is 16.5. The second kappa shape index (κ2) is 9.04. The van der Waals surface area contributed by atoms with Crippen molar-refractivity contribution in [1.82, 2.24) is 20.4 Å². The lowest BCUT2D eigenvalue weighted by Crippen LogP contribution is -2.39. The fourth-order valence-corrected chi connectivity index (χ4v) is 4.55. The van der Waals surface area contributed by atoms with Crippen LogP contribution in [0, 0.1) is 18.8 Å². The SMILES string of the molecule is Cc1noc2nc(CCC(=O)NC(C)c3ccccc3)nc(N3CC(C)CC(C)C3)c12. The van der Waals surface area contributed by atoms with E-state index in [1.54, 1.807) is 0 Å². The van der Waals surface area contributed by atoms with Crippen LogP contribution in [0.3, 0.4) is 0 Å². The lowest BCUT2D eigenvalue weighted by atomic mass is 9.92. The minimum atomic E-state index is -0.0408. The van der Waals surface area contributed by atoms with E-state index in [0.717, 1.165) is 35.6 Å². The maximum atomic E-state index is 12.5. The highest BCUT2D eigenvalue weighted by Crippen LogP contribution is 2.32. The second-order valence-corrected chi connectivity index (χ2v) is 8.96. The van der Waals surface area contributed by atoms with Crippen LogP contribution >= 0.6 is 0 Å². The molecule has 1 aliphatic heterocycles. The maximum absolute atomic E-state index is 12.5. The first kappa shape index (κ1) is 21.3. The van der Waals surface area contributed by atoms with Crippen LogP contribution in [0.25, 0.3) is 11.1 Å². The number of rotatable bonds is 6. The summed E-state index contributed by atoms with van der Waals surface area (Å²) in [5.74, 6) is 2.68. The highest BCUT2D eigenvalue weighted by Gasteiger charge is 2.27. The molecule has 0 bridgehead atoms. The summed E-state index contributed by atoms with van der Waals surface area (Å²) in [6.07, 6.45) is 2.00. The lowest BCUT2D eigenvalue weighted by molar-refractivity contribution is -0.121. The van der Waals surface area contributed by atoms with E-state index < -0.39 is 0 Å². The standard InChI is InChI=1S/C24H31N5O2/c1-15-12-16(2)14-29(13-15)23-22-18(4)28-31-24(22)27-20(26-23)10-11-21(30)25-17(3)19-8-6-5-7-9-19/h5-9,15-17H,10-14H2,1-4H3,(H,25,30). The number of carbonyl (C=O) groups is 1. The number of hydrogen-bond donors (Lipinski definition) is 1. The van der Waals surface area contributed by atoms with Crippen LogP contribution < -0.4 is 10.2 Å². The number of piperidine rings is 1. The quantitative estimate of drug-likeness (QED) is 0.642. The Morgan fingerprint density at radius 2 is 1.90 bits per heavy atom. The van der Waals surface area contributed by atoms with Crippen molar-refractivity contribution in [3.8, 4) is 0 Å². The molecule has 3 heterocycles. The van der Waals surface area contributed by atoms with Gasteiger partial charge in [-0.2, -0.15) is 4.98 Å². The Bertz CT molecular complexity index is 1040. The molecule has 0 saturated carbocycles. The molecule has 1 aromatic carbocycles. The van der Waals surface area contributed by atoms with E-state index in [2.05, 4.69) is 34.2 Å². The van der Waals surface area contributed by atoms with Crippen LogP contribution in [0.15, 0.2) is 34.9 Å². The van der Waals surface area contributed by atoms with Gasteiger partial charge in [0.25, 0.3) is 5.71 Å². The van der Waals surface area contributed by atoms with Crippen molar-refractivity contribution in [3.63, 3.8) is 0 Å². The number of aryl methyl sites for hydroxylation is 2. The summed E-state index contributed by atoms with van der Waals surface area (Å²) in [5, 5.41) is 8.05. The van der Waals surface area contributed by atoms with Crippen molar-refractivity contribution >= 4 is 22.8 Å². The van der Waals surface area contributed by atoms with Crippen molar-refractivity contribution in [2.75, 3.05) is 18.0 Å². The second-order valence-electron chi connectivity index (χ2n) is 8.96. The number of hydrogen-bond acceptors (Lipinski definition) is 6. The number of nitrogens with one attached hydrogen (secondary N) is 1. The Hall–Kier alpha value is -2.96. The van der Waals surface area contributed by atoms with E-state index in [0.29, 0.717) is 36.2 Å². The molecule has 3 atom stereocenters. The lowest BCUT2D eigenvalue weighted by Gasteiger charge is -2.36. The van der Waals surface area contributed by atoms with E-state index >= 15 is 0 Å². The topological polar surface area (TPSA) is 84.1 Å². The van der Waals surface area contributed by atoms with Crippen molar-refractivity contribution < 1.29 is 9.32 Å². The summed E-state index contributed by atoms with van der Waals surface area (Å²) >= 11 is 0. The molecule has 1 aliphatic rings. The van der Waals surface area contributed by atoms with Gasteiger partial charge in [-0.1, -0.05) is 49.3 Å². The summed E-state index contributed by atoms with van der Waals surface area (Å²) < 4.78 is 5.48. The van der Waals surface area contributed by atoms with Gasteiger partial charge >= 0.3 is 0 Å². The Kier molecular flexibility index (Phi) is 6.20. The van der Waals surface area contributed by atoms with Crippen LogP contribution in [0.2, 0.25) is 0 Å². The molecular formula is C24H31N5O2. The Morgan fingerprint density at radius 1 is 1.19 bits per heavy atom. The fraction of sp³-hybridized carbons (Fsp3) is 0.500. The number of anilines is 1. The van der Waals surface area contributed by atoms with Gasteiger partial charge in [-0.15, -0.1) is 0 Å². The summed E-state index contributed by atoms with van der Waals surface area (Å²) in [4.78, 5) is 24.3. The molecule has 7 nitrogen and oxygen atoms in total. The zero-order valence-electron chi connectivity index (χ0n) is 18.8. The summed E-state index contributed by atoms with van der Waals surface area (Å²) in [5.41, 5.74) is 2.39. The summed E-state index contributed by atoms with van der Waals surface area (Å²) in [6, 6.07) is 9.91. The van der Waals surface area contributed by atoms with Crippen molar-refractivity contribution in [1.29, 1.82) is 0 Å². The molecule has 1 fully saturated rings. The third kappa shape index (κ3) is 4.86. The largest absolute Gasteiger partial charge is 0.355 e. The van der Waals surface area contributed by atoms with E-state index in [9.17, 15) is 4.79 Å². The van der Waals surface area contributed by atoms with Crippen LogP contribution in [0.5, 0.6) is 0 Å². The Balaban J connectivity index is 1.50. The van der Waals surface area contributed by atoms with Gasteiger partial charge in [0, 0.05) is 25.9 Å². The monoisotopic (exact) mass is 421 g/mol. The Labute approximate surface area is 183 Å². The molecule has 3 aromatic rings. The first-order valence-corrected chi connectivity index (χ1v) is 11.1. The molecule has 3 unspecified atom stereocenters. The molecule has 2 aromatic heterocycles. The average molecular weight is 422 g/mol. The van der Waals surface area contributed by atoms with E-state index in [1.165, 1.54) is 6.42 Å². The molecule has 0 aliphatic carbocycles. The van der Waals surface area contributed by atoms with Crippen LogP contribution in [-0.2, 0) is 11.2 Å². The van der Waals surface area contributed by atoms with Gasteiger partial charge in [0.1, 0.15) is 17.0 Å². The Morgan fingerprint density at radius 3 is 2.61 bits per heavy atom. The number of fused-ring (bicyclic) bond motifs is 1. The van der Waals surface area contributed by atoms with Crippen molar-refractivity contribution in [3.05, 3.63) is 47.4 Å². The van der Waals surface area contributed by atoms with Gasteiger partial charge in [-0.3, -0.25) is 4.79 Å². The number of aromatic nitrogens is 3. The zero-order valence-corrected chi connectivity index (χ0v) is 18.8. The zero-order chi connectivity index (χ0) is 22.0. The van der Waals surface area contributed by atoms with E-state index in [1.807, 2.05) is 44.2 Å². The third-order valence-electron chi connectivity index (χ3n) is 5.96. The van der Waals surface area contributed by atoms with Gasteiger partial charge in [0.2, 0.25) is 5.91 Å². The molecule has 164 valence electrons. The number of carbonyl (C=O) groups excluding carboxylic acids is 1. The summed E-state index contributed by atoms with van der Waals surface area (Å²) in [6.45, 7) is 10.4. The molecule has 1 N–H and O–H groups in total. The molecule has 31 heavy (non-hydrogen) atoms. The predicted octanol–water partition coefficient (Wildman–Crippen LogP) is 4.22. The minimum Gasteiger partial charge on any atom is -0.355 e. The first-order chi connectivity index (χ1) is 14.9. The van der Waals surface area contributed by atoms with Gasteiger partial charge in [0.15, 0.2) is 0 Å². The first-order valence-electron chi connectivity index (χ1n) is 11.1. The molecular weight excluding hydrogens is 390 g/mol. The number of amides is 1. The minimum absolute atomic E-state index is 0.0180. The van der Waals surface area contributed by atoms with Crippen molar-refractivity contribution in [2.24, 2.45) is 11.8 Å². The van der Waals surface area contributed by atoms with Gasteiger partial charge in [0.05, 0.1) is 11.7 Å². The fourth-order valence-electron chi connectivity index (χ4n) is 4.55. The van der Waals surface area contributed by atoms with E-state index in [4.69, 9.17) is 9.51 Å². The molecule has 0 radical (unpaired) electrons. The van der Waals surface area contributed by atoms with Gasteiger partial charge < -0.3 is 14.7 Å². The van der Waals surface area contributed by atoms with Crippen molar-refractivity contribution in [2.45, 2.75) is 53.0 Å². The van der Waals surface area contributed by atoms with Crippen LogP contribution in [0.4, 0.5) is 5.82 Å². The van der Waals surface area contributed by atoms with Crippen LogP contribution in [0.1, 0.15) is 56.7 Å². The van der Waals surface area contributed by atoms with Crippen LogP contribution in [-0.4, -0.2) is 34.1 Å². The van der Waals surface area contributed by atoms with E-state index in [-0.39, 0.29) is 11.9 Å². The average Bonchev–Trinajstić information content (AvgIpc) is 3.12. The molecule has 7 heteroatoms. The molecule has 4 rings (SSSR count). The maximum Gasteiger partial charge on any atom is 0.263 e. The van der Waals surface area contributed by atoms with Gasteiger partial charge in [-0.05, 0) is 37.7 Å². The van der Waals surface area contributed by atoms with Gasteiger partial charge in [-0.25, -0.2) is 4.98 Å². The normalized spacial score (nSPS) is 20.1. The predicted molar refractivity (Wildman–Crippen MR) is 121 cm³/mol. The molecule has 0 spiro atoms. The summed E-state index contributed by atoms with van der Waals surface area (Å²) in [7, 11) is 0. The molecule has 1 saturated heterocycles. The third-order valence-corrected chi connectivity index (χ3v) is 5.96. The molecule has 1 amide bonds. The smallest absolute Gasteiger partial charge is 0.263 e.